The third-order valence-corrected chi connectivity index (χ3v) is 4.93. The van der Waals surface area contributed by atoms with Gasteiger partial charge in [-0.15, -0.1) is 0 Å². The number of aryl methyl sites for hydroxylation is 1. The number of hydrogen-bond donors (Lipinski definition) is 1. The Hall–Kier alpha value is -1.81. The Balaban J connectivity index is 1.66. The maximum absolute atomic E-state index is 4.66. The number of rotatable bonds is 2. The molecule has 2 aromatic heterocycles. The van der Waals surface area contributed by atoms with E-state index < -0.39 is 0 Å². The molecule has 0 bridgehead atoms. The van der Waals surface area contributed by atoms with Gasteiger partial charge in [0.05, 0.1) is 22.0 Å². The molecule has 0 amide bonds. The van der Waals surface area contributed by atoms with E-state index in [-0.39, 0.29) is 0 Å². The monoisotopic (exact) mass is 281 g/mol. The first-order chi connectivity index (χ1) is 9.90. The largest absolute Gasteiger partial charge is 0.333 e. The Bertz CT molecular complexity index is 717. The van der Waals surface area contributed by atoms with E-state index in [0.29, 0.717) is 5.25 Å². The van der Waals surface area contributed by atoms with Crippen molar-refractivity contribution in [2.24, 2.45) is 0 Å². The number of thioether (sulfide) groups is 1. The summed E-state index contributed by atoms with van der Waals surface area (Å²) in [6, 6.07) is 12.4. The lowest BCUT2D eigenvalue weighted by atomic mass is 9.96. The molecule has 1 aliphatic rings. The van der Waals surface area contributed by atoms with Crippen molar-refractivity contribution in [1.82, 2.24) is 15.0 Å². The normalized spacial score (nSPS) is 18.1. The van der Waals surface area contributed by atoms with E-state index in [4.69, 9.17) is 0 Å². The number of benzene rings is 1. The van der Waals surface area contributed by atoms with Crippen LogP contribution in [0.1, 0.15) is 29.3 Å². The number of aromatic amines is 1. The van der Waals surface area contributed by atoms with Crippen molar-refractivity contribution in [3.05, 3.63) is 53.9 Å². The van der Waals surface area contributed by atoms with Crippen LogP contribution < -0.4 is 0 Å². The van der Waals surface area contributed by atoms with Gasteiger partial charge in [-0.1, -0.05) is 30.0 Å². The van der Waals surface area contributed by atoms with E-state index in [0.717, 1.165) is 22.6 Å². The Kier molecular flexibility index (Phi) is 2.96. The molecule has 2 heterocycles. The molecule has 1 aromatic carbocycles. The van der Waals surface area contributed by atoms with Crippen LogP contribution in [0.4, 0.5) is 0 Å². The minimum atomic E-state index is 0.417. The minimum Gasteiger partial charge on any atom is -0.333 e. The molecular formula is C16H15N3S. The van der Waals surface area contributed by atoms with Gasteiger partial charge < -0.3 is 4.98 Å². The summed E-state index contributed by atoms with van der Waals surface area (Å²) in [4.78, 5) is 12.6. The van der Waals surface area contributed by atoms with Crippen molar-refractivity contribution in [3.8, 4) is 0 Å². The quantitative estimate of drug-likeness (QED) is 0.768. The molecule has 100 valence electrons. The molecule has 1 aliphatic carbocycles. The Morgan fingerprint density at radius 2 is 2.10 bits per heavy atom. The van der Waals surface area contributed by atoms with Crippen LogP contribution in [-0.4, -0.2) is 15.0 Å². The van der Waals surface area contributed by atoms with Crippen molar-refractivity contribution in [1.29, 1.82) is 0 Å². The van der Waals surface area contributed by atoms with Gasteiger partial charge in [0.2, 0.25) is 0 Å². The number of hydrogen-bond acceptors (Lipinski definition) is 3. The smallest absolute Gasteiger partial charge is 0.167 e. The summed E-state index contributed by atoms with van der Waals surface area (Å²) < 4.78 is 0. The number of H-pyrrole nitrogens is 1. The lowest BCUT2D eigenvalue weighted by molar-refractivity contribution is 0.654. The second-order valence-corrected chi connectivity index (χ2v) is 6.30. The van der Waals surface area contributed by atoms with Crippen LogP contribution in [0.5, 0.6) is 0 Å². The number of nitrogens with zero attached hydrogens (tertiary/aromatic N) is 2. The van der Waals surface area contributed by atoms with Gasteiger partial charge in [0.15, 0.2) is 5.16 Å². The molecule has 0 saturated carbocycles. The number of pyridine rings is 1. The van der Waals surface area contributed by atoms with Crippen LogP contribution in [0.15, 0.2) is 47.8 Å². The van der Waals surface area contributed by atoms with Crippen molar-refractivity contribution in [2.75, 3.05) is 0 Å². The van der Waals surface area contributed by atoms with Gasteiger partial charge in [0.25, 0.3) is 0 Å². The molecule has 0 fully saturated rings. The van der Waals surface area contributed by atoms with Gasteiger partial charge in [0, 0.05) is 6.20 Å². The first kappa shape index (κ1) is 12.0. The topological polar surface area (TPSA) is 41.6 Å². The maximum Gasteiger partial charge on any atom is 0.167 e. The number of nitrogens with one attached hydrogen (secondary N) is 1. The highest BCUT2D eigenvalue weighted by Gasteiger charge is 2.23. The molecule has 0 spiro atoms. The molecule has 0 saturated heterocycles. The van der Waals surface area contributed by atoms with E-state index in [1.165, 1.54) is 24.1 Å². The van der Waals surface area contributed by atoms with Crippen LogP contribution in [0, 0.1) is 0 Å². The van der Waals surface area contributed by atoms with Gasteiger partial charge in [0.1, 0.15) is 0 Å². The van der Waals surface area contributed by atoms with E-state index >= 15 is 0 Å². The maximum atomic E-state index is 4.66. The van der Waals surface area contributed by atoms with Gasteiger partial charge in [-0.3, -0.25) is 4.98 Å². The molecule has 1 unspecified atom stereocenters. The number of aromatic nitrogens is 3. The molecule has 1 atom stereocenters. The zero-order chi connectivity index (χ0) is 13.4. The minimum absolute atomic E-state index is 0.417. The zero-order valence-electron chi connectivity index (χ0n) is 11.0. The summed E-state index contributed by atoms with van der Waals surface area (Å²) in [5.74, 6) is 0. The average molecular weight is 281 g/mol. The first-order valence-corrected chi connectivity index (χ1v) is 7.83. The second kappa shape index (κ2) is 4.94. The van der Waals surface area contributed by atoms with Gasteiger partial charge in [-0.25, -0.2) is 4.98 Å². The van der Waals surface area contributed by atoms with Gasteiger partial charge in [-0.05, 0) is 43.0 Å². The Morgan fingerprint density at radius 3 is 3.05 bits per heavy atom. The van der Waals surface area contributed by atoms with Crippen molar-refractivity contribution < 1.29 is 0 Å². The fourth-order valence-corrected chi connectivity index (χ4v) is 4.00. The molecule has 4 heteroatoms. The molecule has 0 radical (unpaired) electrons. The molecule has 4 rings (SSSR count). The Morgan fingerprint density at radius 1 is 1.15 bits per heavy atom. The lowest BCUT2D eigenvalue weighted by Gasteiger charge is -2.22. The summed E-state index contributed by atoms with van der Waals surface area (Å²) >= 11 is 1.80. The van der Waals surface area contributed by atoms with E-state index in [9.17, 15) is 0 Å². The zero-order valence-corrected chi connectivity index (χ0v) is 11.9. The van der Waals surface area contributed by atoms with Crippen LogP contribution in [0.2, 0.25) is 0 Å². The second-order valence-electron chi connectivity index (χ2n) is 5.11. The summed E-state index contributed by atoms with van der Waals surface area (Å²) in [6.07, 6.45) is 5.46. The van der Waals surface area contributed by atoms with Gasteiger partial charge in [-0.2, -0.15) is 0 Å². The molecular weight excluding hydrogens is 266 g/mol. The van der Waals surface area contributed by atoms with Crippen molar-refractivity contribution in [2.45, 2.75) is 29.7 Å². The van der Waals surface area contributed by atoms with Gasteiger partial charge >= 0.3 is 0 Å². The van der Waals surface area contributed by atoms with Crippen molar-refractivity contribution >= 4 is 22.8 Å². The fraction of sp³-hybridized carbons (Fsp3) is 0.250. The first-order valence-electron chi connectivity index (χ1n) is 6.95. The highest BCUT2D eigenvalue weighted by Crippen LogP contribution is 2.41. The standard InChI is InChI=1S/C16H15N3S/c1-2-8-13-12(7-1)18-16(19-13)20-14-9-3-5-11-6-4-10-17-15(11)14/h1-2,4,6-8,10,14H,3,5,9H2,(H,18,19). The van der Waals surface area contributed by atoms with Crippen molar-refractivity contribution in [3.63, 3.8) is 0 Å². The lowest BCUT2D eigenvalue weighted by Crippen LogP contribution is -2.09. The summed E-state index contributed by atoms with van der Waals surface area (Å²) in [7, 11) is 0. The summed E-state index contributed by atoms with van der Waals surface area (Å²) in [6.45, 7) is 0. The predicted octanol–water partition coefficient (Wildman–Crippen LogP) is 4.13. The van der Waals surface area contributed by atoms with Crippen LogP contribution in [-0.2, 0) is 6.42 Å². The molecule has 3 nitrogen and oxygen atoms in total. The highest BCUT2D eigenvalue weighted by atomic mass is 32.2. The predicted molar refractivity (Wildman–Crippen MR) is 81.9 cm³/mol. The number of para-hydroxylation sites is 2. The summed E-state index contributed by atoms with van der Waals surface area (Å²) in [5, 5.41) is 1.41. The number of fused-ring (bicyclic) bond motifs is 2. The third kappa shape index (κ3) is 2.10. The average Bonchev–Trinajstić information content (AvgIpc) is 2.90. The van der Waals surface area contributed by atoms with E-state index in [2.05, 4.69) is 27.1 Å². The van der Waals surface area contributed by atoms with Crippen LogP contribution >= 0.6 is 11.8 Å². The van der Waals surface area contributed by atoms with E-state index in [1.54, 1.807) is 11.8 Å². The number of imidazole rings is 1. The Labute approximate surface area is 121 Å². The molecule has 1 N–H and O–H groups in total. The van der Waals surface area contributed by atoms with Crippen LogP contribution in [0.3, 0.4) is 0 Å². The third-order valence-electron chi connectivity index (χ3n) is 3.77. The molecule has 20 heavy (non-hydrogen) atoms. The van der Waals surface area contributed by atoms with E-state index in [1.807, 2.05) is 30.5 Å². The SMILES string of the molecule is c1cnc2c(c1)CCCC2Sc1nc2ccccc2[nH]1. The van der Waals surface area contributed by atoms with Crippen LogP contribution in [0.25, 0.3) is 11.0 Å². The fourth-order valence-electron chi connectivity index (χ4n) is 2.80. The highest BCUT2D eigenvalue weighted by molar-refractivity contribution is 7.99. The summed E-state index contributed by atoms with van der Waals surface area (Å²) in [5.41, 5.74) is 4.77. The molecule has 3 aromatic rings. The molecule has 0 aliphatic heterocycles.